The van der Waals surface area contributed by atoms with Crippen LogP contribution in [-0.4, -0.2) is 26.6 Å². The molecule has 1 atom stereocenters. The van der Waals surface area contributed by atoms with Crippen LogP contribution in [-0.2, 0) is 11.5 Å². The van der Waals surface area contributed by atoms with E-state index in [-0.39, 0.29) is 0 Å². The molecule has 0 saturated carbocycles. The minimum Gasteiger partial charge on any atom is -0.353 e. The maximum Gasteiger partial charge on any atom is 0.171 e. The van der Waals surface area contributed by atoms with Crippen molar-refractivity contribution in [1.82, 2.24) is 20.2 Å². The largest absolute Gasteiger partial charge is 0.353 e. The van der Waals surface area contributed by atoms with Crippen LogP contribution < -0.4 is 0 Å². The number of hydrogen-bond acceptors (Lipinski definition) is 4. The van der Waals surface area contributed by atoms with Gasteiger partial charge in [0.05, 0.1) is 6.35 Å². The molecule has 6 heteroatoms. The van der Waals surface area contributed by atoms with E-state index in [0.29, 0.717) is 18.9 Å². The van der Waals surface area contributed by atoms with Crippen molar-refractivity contribution in [1.29, 1.82) is 0 Å². The maximum absolute atomic E-state index is 4.99. The highest BCUT2D eigenvalue weighted by molar-refractivity contribution is 7.16. The van der Waals surface area contributed by atoms with Crippen molar-refractivity contribution in [2.75, 3.05) is 6.35 Å². The molecular weight excluding hydrogens is 151 g/mol. The molecule has 0 aliphatic carbocycles. The van der Waals surface area contributed by atoms with Gasteiger partial charge in [0.2, 0.25) is 0 Å². The van der Waals surface area contributed by atoms with Gasteiger partial charge in [0.15, 0.2) is 12.6 Å². The standard InChI is InChI=1S/C4H9N4OP/c1-4-5-7-8(6-4)2-9-3-10/h2-3,10H2,1H3. The molecule has 56 valence electrons. The van der Waals surface area contributed by atoms with Crippen LogP contribution in [0.25, 0.3) is 0 Å². The number of hydrogen-bond donors (Lipinski definition) is 0. The molecule has 0 bridgehead atoms. The molecule has 1 heterocycles. The Morgan fingerprint density at radius 2 is 2.50 bits per heavy atom. The van der Waals surface area contributed by atoms with Crippen molar-refractivity contribution < 1.29 is 4.74 Å². The summed E-state index contributed by atoms with van der Waals surface area (Å²) in [6.45, 7) is 2.15. The van der Waals surface area contributed by atoms with E-state index in [0.717, 1.165) is 0 Å². The highest BCUT2D eigenvalue weighted by Crippen LogP contribution is 1.86. The summed E-state index contributed by atoms with van der Waals surface area (Å²) in [6, 6.07) is 0. The van der Waals surface area contributed by atoms with E-state index in [2.05, 4.69) is 24.7 Å². The first kappa shape index (κ1) is 7.57. The molecule has 0 aromatic carbocycles. The van der Waals surface area contributed by atoms with Gasteiger partial charge in [-0.2, -0.15) is 0 Å². The van der Waals surface area contributed by atoms with Crippen molar-refractivity contribution in [3.63, 3.8) is 0 Å². The van der Waals surface area contributed by atoms with Crippen LogP contribution in [0.5, 0.6) is 0 Å². The van der Waals surface area contributed by atoms with Crippen molar-refractivity contribution >= 4 is 9.24 Å². The summed E-state index contributed by atoms with van der Waals surface area (Å²) in [7, 11) is 2.45. The van der Waals surface area contributed by atoms with Gasteiger partial charge in [-0.25, -0.2) is 0 Å². The summed E-state index contributed by atoms with van der Waals surface area (Å²) in [6.07, 6.45) is 0.584. The van der Waals surface area contributed by atoms with E-state index < -0.39 is 0 Å². The minimum atomic E-state index is 0.365. The summed E-state index contributed by atoms with van der Waals surface area (Å²) >= 11 is 0. The third-order valence-electron chi connectivity index (χ3n) is 0.877. The second-order valence-corrected chi connectivity index (χ2v) is 2.04. The van der Waals surface area contributed by atoms with E-state index in [1.807, 2.05) is 0 Å². The van der Waals surface area contributed by atoms with E-state index >= 15 is 0 Å². The third kappa shape index (κ3) is 2.01. The number of tetrazole rings is 1. The Bertz CT molecular complexity index is 201. The third-order valence-corrected chi connectivity index (χ3v) is 1.11. The Morgan fingerprint density at radius 1 is 1.70 bits per heavy atom. The molecule has 0 radical (unpaired) electrons. The lowest BCUT2D eigenvalue weighted by molar-refractivity contribution is 0.0940. The topological polar surface area (TPSA) is 52.8 Å². The van der Waals surface area contributed by atoms with Gasteiger partial charge >= 0.3 is 0 Å². The molecular formula is C4H9N4OP. The zero-order valence-corrected chi connectivity index (χ0v) is 6.84. The second kappa shape index (κ2) is 3.58. The Morgan fingerprint density at radius 3 is 3.00 bits per heavy atom. The van der Waals surface area contributed by atoms with Gasteiger partial charge in [0.1, 0.15) is 0 Å². The predicted molar refractivity (Wildman–Crippen MR) is 38.2 cm³/mol. The van der Waals surface area contributed by atoms with Gasteiger partial charge in [0.25, 0.3) is 0 Å². The first-order valence-electron chi connectivity index (χ1n) is 2.85. The van der Waals surface area contributed by atoms with E-state index in [1.54, 1.807) is 6.92 Å². The number of rotatable bonds is 3. The number of aromatic nitrogens is 4. The van der Waals surface area contributed by atoms with Crippen molar-refractivity contribution in [3.05, 3.63) is 5.82 Å². The van der Waals surface area contributed by atoms with Crippen LogP contribution in [0.3, 0.4) is 0 Å². The first-order chi connectivity index (χ1) is 4.83. The number of ether oxygens (including phenoxy) is 1. The van der Waals surface area contributed by atoms with E-state index in [1.165, 1.54) is 4.80 Å². The summed E-state index contributed by atoms with van der Waals surface area (Å²) in [5, 5.41) is 11.3. The lowest BCUT2D eigenvalue weighted by atomic mass is 10.8. The van der Waals surface area contributed by atoms with Crippen LogP contribution in [0.4, 0.5) is 0 Å². The molecule has 0 amide bonds. The molecule has 1 rings (SSSR count). The van der Waals surface area contributed by atoms with Gasteiger partial charge in [-0.15, -0.1) is 24.2 Å². The van der Waals surface area contributed by atoms with Crippen molar-refractivity contribution in [2.45, 2.75) is 13.7 Å². The average molecular weight is 160 g/mol. The van der Waals surface area contributed by atoms with Gasteiger partial charge in [-0.1, -0.05) is 0 Å². The van der Waals surface area contributed by atoms with Gasteiger partial charge in [0, 0.05) is 0 Å². The normalized spacial score (nSPS) is 10.2. The molecule has 0 aliphatic heterocycles. The fourth-order valence-corrected chi connectivity index (χ4v) is 0.618. The quantitative estimate of drug-likeness (QED) is 0.574. The molecule has 0 aliphatic rings. The zero-order valence-electron chi connectivity index (χ0n) is 5.69. The Kier molecular flexibility index (Phi) is 2.71. The molecule has 0 N–H and O–H groups in total. The summed E-state index contributed by atoms with van der Waals surface area (Å²) in [4.78, 5) is 1.40. The van der Waals surface area contributed by atoms with Crippen LogP contribution in [0.15, 0.2) is 0 Å². The molecule has 0 saturated heterocycles. The van der Waals surface area contributed by atoms with E-state index in [9.17, 15) is 0 Å². The van der Waals surface area contributed by atoms with Crippen LogP contribution in [0.2, 0.25) is 0 Å². The fraction of sp³-hybridized carbons (Fsp3) is 0.750. The lowest BCUT2D eigenvalue weighted by Gasteiger charge is -1.95. The second-order valence-electron chi connectivity index (χ2n) is 1.71. The zero-order chi connectivity index (χ0) is 7.40. The Labute approximate surface area is 61.0 Å². The predicted octanol–water partition coefficient (Wildman–Crippen LogP) is -0.212. The minimum absolute atomic E-state index is 0.365. The molecule has 1 aromatic heterocycles. The van der Waals surface area contributed by atoms with Gasteiger partial charge in [-0.05, 0) is 12.1 Å². The monoisotopic (exact) mass is 160 g/mol. The smallest absolute Gasteiger partial charge is 0.171 e. The van der Waals surface area contributed by atoms with Crippen LogP contribution >= 0.6 is 9.24 Å². The number of aryl methyl sites for hydroxylation is 1. The highest BCUT2D eigenvalue weighted by Gasteiger charge is 1.93. The van der Waals surface area contributed by atoms with Gasteiger partial charge < -0.3 is 4.74 Å². The molecule has 0 spiro atoms. The first-order valence-corrected chi connectivity index (χ1v) is 3.67. The average Bonchev–Trinajstić information content (AvgIpc) is 2.31. The maximum atomic E-state index is 4.99. The van der Waals surface area contributed by atoms with Gasteiger partial charge in [-0.3, -0.25) is 0 Å². The summed E-state index contributed by atoms with van der Waals surface area (Å²) in [5.41, 5.74) is 0. The van der Waals surface area contributed by atoms with Crippen LogP contribution in [0.1, 0.15) is 5.82 Å². The molecule has 1 unspecified atom stereocenters. The van der Waals surface area contributed by atoms with Crippen molar-refractivity contribution in [3.8, 4) is 0 Å². The SMILES string of the molecule is Cc1nnn(COCP)n1. The molecule has 0 fully saturated rings. The Balaban J connectivity index is 2.42. The summed E-state index contributed by atoms with van der Waals surface area (Å²) in [5.74, 6) is 0.660. The Hall–Kier alpha value is -0.540. The highest BCUT2D eigenvalue weighted by atomic mass is 31.0. The van der Waals surface area contributed by atoms with E-state index in [4.69, 9.17) is 4.74 Å². The molecule has 1 aromatic rings. The number of nitrogens with zero attached hydrogens (tertiary/aromatic N) is 4. The molecule has 5 nitrogen and oxygen atoms in total. The van der Waals surface area contributed by atoms with Crippen molar-refractivity contribution in [2.24, 2.45) is 0 Å². The summed E-state index contributed by atoms with van der Waals surface area (Å²) < 4.78 is 4.99. The fourth-order valence-electron chi connectivity index (χ4n) is 0.512. The van der Waals surface area contributed by atoms with Crippen LogP contribution in [0, 0.1) is 6.92 Å². The molecule has 10 heavy (non-hydrogen) atoms. The lowest BCUT2D eigenvalue weighted by Crippen LogP contribution is -2.05.